The van der Waals surface area contributed by atoms with Gasteiger partial charge < -0.3 is 26.0 Å². The lowest BCUT2D eigenvalue weighted by Gasteiger charge is -2.28. The monoisotopic (exact) mass is 577 g/mol. The van der Waals surface area contributed by atoms with E-state index in [0.717, 1.165) is 22.8 Å². The molecule has 4 aromatic carbocycles. The molecule has 0 fully saturated rings. The van der Waals surface area contributed by atoms with E-state index < -0.39 is 21.7 Å². The summed E-state index contributed by atoms with van der Waals surface area (Å²) in [5.41, 5.74) is 2.19. The van der Waals surface area contributed by atoms with Gasteiger partial charge in [-0.2, -0.15) is 0 Å². The molecular weight excluding hydrogens is 542 g/mol. The molecule has 0 unspecified atom stereocenters. The number of aromatic hydroxyl groups is 2. The van der Waals surface area contributed by atoms with Crippen molar-refractivity contribution in [2.45, 2.75) is 38.5 Å². The number of hydrogen-bond donors (Lipinski definition) is 6. The highest BCUT2D eigenvalue weighted by Crippen LogP contribution is 2.29. The predicted octanol–water partition coefficient (Wildman–Crippen LogP) is 4.20. The van der Waals surface area contributed by atoms with Gasteiger partial charge in [-0.25, -0.2) is 8.42 Å². The van der Waals surface area contributed by atoms with E-state index in [1.807, 2.05) is 62.4 Å². The molecule has 4 aromatic rings. The fraction of sp³-hybridized carbons (Fsp3) is 0.258. The van der Waals surface area contributed by atoms with Crippen LogP contribution in [-0.4, -0.2) is 48.0 Å². The van der Waals surface area contributed by atoms with Crippen molar-refractivity contribution in [3.8, 4) is 11.5 Å². The summed E-state index contributed by atoms with van der Waals surface area (Å²) in [6, 6.07) is 22.9. The number of aliphatic hydroxyl groups excluding tert-OH is 1. The highest BCUT2D eigenvalue weighted by molar-refractivity contribution is 7.92. The van der Waals surface area contributed by atoms with Gasteiger partial charge in [-0.15, -0.1) is 0 Å². The first-order valence-electron chi connectivity index (χ1n) is 13.1. The van der Waals surface area contributed by atoms with E-state index in [4.69, 9.17) is 0 Å². The first-order chi connectivity index (χ1) is 19.3. The summed E-state index contributed by atoms with van der Waals surface area (Å²) in [6.07, 6.45) is 0.671. The van der Waals surface area contributed by atoms with Crippen LogP contribution in [0.1, 0.15) is 47.0 Å². The van der Waals surface area contributed by atoms with Gasteiger partial charge in [0.1, 0.15) is 11.5 Å². The number of carbonyl (C=O) groups excluding carboxylic acids is 1. The minimum absolute atomic E-state index is 0.00282. The van der Waals surface area contributed by atoms with Crippen LogP contribution in [0.3, 0.4) is 0 Å². The number of carbonyl (C=O) groups is 1. The van der Waals surface area contributed by atoms with Crippen LogP contribution in [0.5, 0.6) is 11.5 Å². The maximum absolute atomic E-state index is 12.8. The van der Waals surface area contributed by atoms with Gasteiger partial charge >= 0.3 is 0 Å². The quantitative estimate of drug-likeness (QED) is 0.146. The lowest BCUT2D eigenvalue weighted by atomic mass is 9.93. The molecule has 10 heteroatoms. The van der Waals surface area contributed by atoms with Crippen molar-refractivity contribution in [2.24, 2.45) is 0 Å². The van der Waals surface area contributed by atoms with Crippen LogP contribution in [0.15, 0.2) is 78.9 Å². The highest BCUT2D eigenvalue weighted by Gasteiger charge is 2.21. The maximum atomic E-state index is 12.8. The Morgan fingerprint density at radius 1 is 0.927 bits per heavy atom. The number of anilines is 1. The molecule has 0 spiro atoms. The molecule has 9 nitrogen and oxygen atoms in total. The molecule has 0 heterocycles. The van der Waals surface area contributed by atoms with E-state index in [2.05, 4.69) is 15.4 Å². The van der Waals surface area contributed by atoms with E-state index in [9.17, 15) is 28.5 Å². The van der Waals surface area contributed by atoms with Crippen LogP contribution >= 0.6 is 0 Å². The van der Waals surface area contributed by atoms with Crippen LogP contribution in [-0.2, 0) is 23.0 Å². The molecule has 216 valence electrons. The number of hydrogen-bond acceptors (Lipinski definition) is 7. The molecule has 0 aliphatic heterocycles. The molecule has 0 saturated heterocycles. The standard InChI is InChI=1S/C31H35N3O6S/c1-31(2,33-19-28(36)23-12-14-27(35)26(16-23)34-41(3,39)40)17-20-7-6-8-21(15-20)18-32-30(38)25-13-11-22-9-4-5-10-24(22)29(25)37/h4-16,28,33-37H,17-19H2,1-3H3,(H,32,38)/t28-/m0/s1. The third-order valence-corrected chi connectivity index (χ3v) is 7.30. The van der Waals surface area contributed by atoms with Crippen molar-refractivity contribution in [3.63, 3.8) is 0 Å². The molecule has 0 bridgehead atoms. The fourth-order valence-corrected chi connectivity index (χ4v) is 5.23. The van der Waals surface area contributed by atoms with Gasteiger partial charge in [-0.3, -0.25) is 9.52 Å². The number of benzene rings is 4. The molecule has 0 aliphatic rings. The average Bonchev–Trinajstić information content (AvgIpc) is 2.91. The summed E-state index contributed by atoms with van der Waals surface area (Å²) in [4.78, 5) is 12.8. The number of nitrogens with one attached hydrogen (secondary N) is 3. The zero-order valence-corrected chi connectivity index (χ0v) is 24.0. The van der Waals surface area contributed by atoms with Crippen molar-refractivity contribution in [3.05, 3.63) is 101 Å². The van der Waals surface area contributed by atoms with Crippen molar-refractivity contribution in [1.29, 1.82) is 0 Å². The summed E-state index contributed by atoms with van der Waals surface area (Å²) in [5.74, 6) is -0.636. The third-order valence-electron chi connectivity index (χ3n) is 6.71. The molecule has 0 saturated carbocycles. The van der Waals surface area contributed by atoms with Gasteiger partial charge in [0, 0.05) is 24.0 Å². The Morgan fingerprint density at radius 3 is 2.41 bits per heavy atom. The number of sulfonamides is 1. The minimum Gasteiger partial charge on any atom is -0.506 e. The summed E-state index contributed by atoms with van der Waals surface area (Å²) in [5, 5.41) is 39.0. The number of fused-ring (bicyclic) bond motifs is 1. The zero-order valence-electron chi connectivity index (χ0n) is 23.2. The number of rotatable bonds is 11. The molecule has 6 N–H and O–H groups in total. The highest BCUT2D eigenvalue weighted by atomic mass is 32.2. The van der Waals surface area contributed by atoms with Crippen LogP contribution in [0, 0.1) is 0 Å². The minimum atomic E-state index is -3.59. The second kappa shape index (κ2) is 12.2. The topological polar surface area (TPSA) is 148 Å². The maximum Gasteiger partial charge on any atom is 0.255 e. The number of phenols is 2. The molecule has 0 aromatic heterocycles. The molecular formula is C31H35N3O6S. The van der Waals surface area contributed by atoms with E-state index in [1.165, 1.54) is 18.2 Å². The van der Waals surface area contributed by atoms with E-state index >= 15 is 0 Å². The van der Waals surface area contributed by atoms with Crippen molar-refractivity contribution < 1.29 is 28.5 Å². The lowest BCUT2D eigenvalue weighted by Crippen LogP contribution is -2.43. The second-order valence-electron chi connectivity index (χ2n) is 10.8. The predicted molar refractivity (Wildman–Crippen MR) is 161 cm³/mol. The Labute approximate surface area is 239 Å². The van der Waals surface area contributed by atoms with E-state index in [0.29, 0.717) is 17.4 Å². The first kappa shape index (κ1) is 29.9. The molecule has 41 heavy (non-hydrogen) atoms. The molecule has 0 radical (unpaired) electrons. The number of phenolic OH excluding ortho intramolecular Hbond substituents is 2. The van der Waals surface area contributed by atoms with E-state index in [1.54, 1.807) is 12.1 Å². The van der Waals surface area contributed by atoms with Gasteiger partial charge in [0.25, 0.3) is 5.91 Å². The zero-order chi connectivity index (χ0) is 29.8. The average molecular weight is 578 g/mol. The molecule has 1 atom stereocenters. The van der Waals surface area contributed by atoms with Gasteiger partial charge in [0.05, 0.1) is 23.6 Å². The van der Waals surface area contributed by atoms with Crippen LogP contribution in [0.4, 0.5) is 5.69 Å². The Bertz CT molecular complexity index is 1670. The third kappa shape index (κ3) is 7.97. The normalized spacial score (nSPS) is 12.7. The second-order valence-corrected chi connectivity index (χ2v) is 12.5. The van der Waals surface area contributed by atoms with Crippen molar-refractivity contribution >= 4 is 32.4 Å². The SMILES string of the molecule is CC(C)(Cc1cccc(CNC(=O)c2ccc3ccccc3c2O)c1)NC[C@H](O)c1ccc(O)c(NS(C)(=O)=O)c1. The molecule has 0 aliphatic carbocycles. The van der Waals surface area contributed by atoms with Gasteiger partial charge in [-0.05, 0) is 60.5 Å². The van der Waals surface area contributed by atoms with Gasteiger partial charge in [-0.1, -0.05) is 60.7 Å². The first-order valence-corrected chi connectivity index (χ1v) is 15.0. The van der Waals surface area contributed by atoms with Gasteiger partial charge in [0.2, 0.25) is 10.0 Å². The summed E-state index contributed by atoms with van der Waals surface area (Å²) in [7, 11) is -3.59. The Morgan fingerprint density at radius 2 is 1.66 bits per heavy atom. The number of amides is 1. The summed E-state index contributed by atoms with van der Waals surface area (Å²) in [6.45, 7) is 4.49. The molecule has 4 rings (SSSR count). The Kier molecular flexibility index (Phi) is 8.86. The largest absolute Gasteiger partial charge is 0.506 e. The van der Waals surface area contributed by atoms with Gasteiger partial charge in [0.15, 0.2) is 0 Å². The Hall–Kier alpha value is -4.12. The Balaban J connectivity index is 1.35. The van der Waals surface area contributed by atoms with Crippen LogP contribution in [0.2, 0.25) is 0 Å². The number of aliphatic hydroxyl groups is 1. The van der Waals surface area contributed by atoms with Crippen molar-refractivity contribution in [2.75, 3.05) is 17.5 Å². The van der Waals surface area contributed by atoms with Crippen LogP contribution < -0.4 is 15.4 Å². The summed E-state index contributed by atoms with van der Waals surface area (Å²) >= 11 is 0. The fourth-order valence-electron chi connectivity index (χ4n) is 4.67. The summed E-state index contributed by atoms with van der Waals surface area (Å²) < 4.78 is 25.4. The lowest BCUT2D eigenvalue weighted by molar-refractivity contribution is 0.0948. The number of β-amino-alcohol motifs (C(OH)–C–C–N with tert-alkyl or cyclic N) is 1. The van der Waals surface area contributed by atoms with Crippen LogP contribution in [0.25, 0.3) is 10.8 Å². The molecule has 1 amide bonds. The smallest absolute Gasteiger partial charge is 0.255 e. The van der Waals surface area contributed by atoms with Crippen molar-refractivity contribution in [1.82, 2.24) is 10.6 Å². The van der Waals surface area contributed by atoms with E-state index in [-0.39, 0.29) is 41.7 Å².